The van der Waals surface area contributed by atoms with Gasteiger partial charge in [-0.3, -0.25) is 9.69 Å². The molecule has 1 fully saturated rings. The summed E-state index contributed by atoms with van der Waals surface area (Å²) < 4.78 is 39.0. The smallest absolute Gasteiger partial charge is 0.338 e. The van der Waals surface area contributed by atoms with E-state index < -0.39 is 28.5 Å². The molecule has 0 bridgehead atoms. The Morgan fingerprint density at radius 1 is 0.868 bits per heavy atom. The molecule has 2 aliphatic rings. The second-order valence-electron chi connectivity index (χ2n) is 9.03. The van der Waals surface area contributed by atoms with E-state index in [4.69, 9.17) is 9.47 Å². The molecule has 198 valence electrons. The third-order valence-electron chi connectivity index (χ3n) is 6.59. The Balaban J connectivity index is 1.36. The number of ether oxygens (including phenoxy) is 2. The highest BCUT2D eigenvalue weighted by atomic mass is 32.2. The summed E-state index contributed by atoms with van der Waals surface area (Å²) in [5.41, 5.74) is 1.46. The fourth-order valence-corrected chi connectivity index (χ4v) is 7.43. The number of esters is 1. The van der Waals surface area contributed by atoms with Crippen LogP contribution in [0.25, 0.3) is 0 Å². The predicted molar refractivity (Wildman–Crippen MR) is 145 cm³/mol. The van der Waals surface area contributed by atoms with Crippen molar-refractivity contribution in [2.45, 2.75) is 40.4 Å². The lowest BCUT2D eigenvalue weighted by Gasteiger charge is -2.30. The molecule has 3 aromatic carbocycles. The minimum absolute atomic E-state index is 0.0296. The van der Waals surface area contributed by atoms with Crippen LogP contribution in [-0.2, 0) is 19.6 Å². The van der Waals surface area contributed by atoms with Gasteiger partial charge in [-0.15, -0.1) is 0 Å². The van der Waals surface area contributed by atoms with Crippen LogP contribution in [0.5, 0.6) is 5.75 Å². The number of hydrogen-bond acceptors (Lipinski definition) is 7. The van der Waals surface area contributed by atoms with Gasteiger partial charge in [0.2, 0.25) is 10.0 Å². The van der Waals surface area contributed by atoms with Gasteiger partial charge in [0.25, 0.3) is 5.91 Å². The summed E-state index contributed by atoms with van der Waals surface area (Å²) in [7, 11) is -2.49. The Bertz CT molecular complexity index is 1420. The van der Waals surface area contributed by atoms with Gasteiger partial charge in [0.05, 0.1) is 24.0 Å². The third-order valence-corrected chi connectivity index (χ3v) is 9.64. The lowest BCUT2D eigenvalue weighted by atomic mass is 10.2. The van der Waals surface area contributed by atoms with Gasteiger partial charge in [-0.05, 0) is 55.3 Å². The lowest BCUT2D eigenvalue weighted by molar-refractivity contribution is -0.121. The Kier molecular flexibility index (Phi) is 7.73. The number of sulfonamides is 1. The van der Waals surface area contributed by atoms with E-state index in [1.54, 1.807) is 16.7 Å². The number of anilines is 2. The van der Waals surface area contributed by atoms with Gasteiger partial charge in [0, 0.05) is 22.9 Å². The van der Waals surface area contributed by atoms with Crippen molar-refractivity contribution in [3.63, 3.8) is 0 Å². The zero-order chi connectivity index (χ0) is 26.7. The van der Waals surface area contributed by atoms with Crippen LogP contribution >= 0.6 is 11.8 Å². The van der Waals surface area contributed by atoms with E-state index in [1.165, 1.54) is 29.6 Å². The SMILES string of the molecule is COc1ccc(C(=O)OCC(=O)N2c3ccccc3Sc3ccccc32)cc1S(=O)(=O)N1CCCCCC1. The van der Waals surface area contributed by atoms with E-state index in [0.717, 1.165) is 35.5 Å². The highest BCUT2D eigenvalue weighted by molar-refractivity contribution is 7.99. The first-order valence-electron chi connectivity index (χ1n) is 12.4. The van der Waals surface area contributed by atoms with Crippen LogP contribution in [0.15, 0.2) is 81.4 Å². The first-order chi connectivity index (χ1) is 18.4. The zero-order valence-corrected chi connectivity index (χ0v) is 22.6. The van der Waals surface area contributed by atoms with Gasteiger partial charge in [-0.25, -0.2) is 13.2 Å². The van der Waals surface area contributed by atoms with Crippen molar-refractivity contribution in [1.29, 1.82) is 0 Å². The maximum Gasteiger partial charge on any atom is 0.338 e. The number of fused-ring (bicyclic) bond motifs is 2. The fraction of sp³-hybridized carbons (Fsp3) is 0.286. The Morgan fingerprint density at radius 2 is 1.47 bits per heavy atom. The van der Waals surface area contributed by atoms with Crippen LogP contribution in [0.2, 0.25) is 0 Å². The van der Waals surface area contributed by atoms with E-state index in [2.05, 4.69) is 0 Å². The van der Waals surface area contributed by atoms with Crippen molar-refractivity contribution in [2.24, 2.45) is 0 Å². The quantitative estimate of drug-likeness (QED) is 0.386. The fourth-order valence-electron chi connectivity index (χ4n) is 4.67. The van der Waals surface area contributed by atoms with Gasteiger partial charge in [-0.1, -0.05) is 48.9 Å². The normalized spacial score (nSPS) is 15.7. The molecule has 5 rings (SSSR count). The first-order valence-corrected chi connectivity index (χ1v) is 14.7. The monoisotopic (exact) mass is 552 g/mol. The second kappa shape index (κ2) is 11.2. The molecule has 10 heteroatoms. The summed E-state index contributed by atoms with van der Waals surface area (Å²) in [6.07, 6.45) is 3.53. The van der Waals surface area contributed by atoms with Gasteiger partial charge in [0.15, 0.2) is 6.61 Å². The summed E-state index contributed by atoms with van der Waals surface area (Å²) in [5, 5.41) is 0. The maximum atomic E-state index is 13.4. The number of benzene rings is 3. The van der Waals surface area contributed by atoms with E-state index in [0.29, 0.717) is 24.5 Å². The average molecular weight is 553 g/mol. The summed E-state index contributed by atoms with van der Waals surface area (Å²) in [6, 6.07) is 19.2. The molecule has 0 radical (unpaired) electrons. The number of hydrogen-bond donors (Lipinski definition) is 0. The van der Waals surface area contributed by atoms with Crippen molar-refractivity contribution in [3.8, 4) is 5.75 Å². The Morgan fingerprint density at radius 3 is 2.08 bits per heavy atom. The topological polar surface area (TPSA) is 93.2 Å². The zero-order valence-electron chi connectivity index (χ0n) is 21.0. The van der Waals surface area contributed by atoms with Crippen LogP contribution in [0.1, 0.15) is 36.0 Å². The molecule has 0 aliphatic carbocycles. The number of para-hydroxylation sites is 2. The van der Waals surface area contributed by atoms with Crippen molar-refractivity contribution in [2.75, 3.05) is 31.7 Å². The Hall–Kier alpha value is -3.34. The van der Waals surface area contributed by atoms with E-state index in [1.807, 2.05) is 48.5 Å². The number of amides is 1. The number of methoxy groups -OCH3 is 1. The molecule has 2 heterocycles. The van der Waals surface area contributed by atoms with Crippen molar-refractivity contribution in [1.82, 2.24) is 4.31 Å². The largest absolute Gasteiger partial charge is 0.495 e. The molecule has 0 atom stereocenters. The molecule has 0 N–H and O–H groups in total. The molecule has 0 saturated carbocycles. The molecule has 38 heavy (non-hydrogen) atoms. The molecule has 0 spiro atoms. The third kappa shape index (κ3) is 5.16. The highest BCUT2D eigenvalue weighted by Crippen LogP contribution is 2.47. The predicted octanol–water partition coefficient (Wildman–Crippen LogP) is 5.25. The van der Waals surface area contributed by atoms with Crippen molar-refractivity contribution in [3.05, 3.63) is 72.3 Å². The van der Waals surface area contributed by atoms with Crippen LogP contribution in [0.4, 0.5) is 11.4 Å². The summed E-state index contributed by atoms with van der Waals surface area (Å²) in [4.78, 5) is 29.6. The number of carbonyl (C=O) groups is 2. The molecule has 1 saturated heterocycles. The molecular formula is C28H28N2O6S2. The average Bonchev–Trinajstić information content (AvgIpc) is 3.24. The molecule has 3 aromatic rings. The van der Waals surface area contributed by atoms with Crippen LogP contribution < -0.4 is 9.64 Å². The molecule has 0 aromatic heterocycles. The molecule has 2 aliphatic heterocycles. The minimum atomic E-state index is -3.88. The summed E-state index contributed by atoms with van der Waals surface area (Å²) >= 11 is 1.57. The van der Waals surface area contributed by atoms with Crippen LogP contribution in [0.3, 0.4) is 0 Å². The van der Waals surface area contributed by atoms with Gasteiger partial charge in [0.1, 0.15) is 10.6 Å². The molecule has 8 nitrogen and oxygen atoms in total. The molecular weight excluding hydrogens is 524 g/mol. The minimum Gasteiger partial charge on any atom is -0.495 e. The van der Waals surface area contributed by atoms with Crippen LogP contribution in [0, 0.1) is 0 Å². The van der Waals surface area contributed by atoms with Crippen LogP contribution in [-0.4, -0.2) is 51.4 Å². The maximum absolute atomic E-state index is 13.4. The number of rotatable bonds is 6. The number of carbonyl (C=O) groups excluding carboxylic acids is 2. The molecule has 0 unspecified atom stereocenters. The summed E-state index contributed by atoms with van der Waals surface area (Å²) in [5.74, 6) is -1.05. The Labute approximate surface area is 226 Å². The lowest BCUT2D eigenvalue weighted by Crippen LogP contribution is -2.33. The first kappa shape index (κ1) is 26.3. The van der Waals surface area contributed by atoms with E-state index in [-0.39, 0.29) is 16.2 Å². The van der Waals surface area contributed by atoms with Crippen molar-refractivity contribution >= 4 is 45.0 Å². The highest BCUT2D eigenvalue weighted by Gasteiger charge is 2.31. The van der Waals surface area contributed by atoms with E-state index in [9.17, 15) is 18.0 Å². The number of nitrogens with zero attached hydrogens (tertiary/aromatic N) is 2. The van der Waals surface area contributed by atoms with Crippen molar-refractivity contribution < 1.29 is 27.5 Å². The van der Waals surface area contributed by atoms with E-state index >= 15 is 0 Å². The summed E-state index contributed by atoms with van der Waals surface area (Å²) in [6.45, 7) is 0.337. The standard InChI is InChI=1S/C28H28N2O6S2/c1-35-23-15-14-20(18-26(23)38(33,34)29-16-8-2-3-9-17-29)28(32)36-19-27(31)30-21-10-4-6-12-24(21)37-25-13-7-5-11-22(25)30/h4-7,10-15,18H,2-3,8-9,16-17,19H2,1H3. The van der Waals surface area contributed by atoms with Gasteiger partial charge in [-0.2, -0.15) is 4.31 Å². The van der Waals surface area contributed by atoms with Gasteiger partial charge >= 0.3 is 5.97 Å². The molecule has 1 amide bonds. The second-order valence-corrected chi connectivity index (χ2v) is 12.0. The van der Waals surface area contributed by atoms with Gasteiger partial charge < -0.3 is 9.47 Å².